The summed E-state index contributed by atoms with van der Waals surface area (Å²) >= 11 is 0. The summed E-state index contributed by atoms with van der Waals surface area (Å²) in [6.45, 7) is 0. The molecule has 0 spiro atoms. The molecule has 3 heteroatoms. The monoisotopic (exact) mass is 214 g/mol. The number of rotatable bonds is 1. The van der Waals surface area contributed by atoms with Gasteiger partial charge in [-0.15, -0.1) is 0 Å². The van der Waals surface area contributed by atoms with Gasteiger partial charge in [0, 0.05) is 18.9 Å². The highest BCUT2D eigenvalue weighted by Gasteiger charge is 2.21. The second-order valence-corrected chi connectivity index (χ2v) is 4.43. The maximum atomic E-state index is 11.5. The van der Waals surface area contributed by atoms with E-state index in [9.17, 15) is 4.79 Å². The van der Waals surface area contributed by atoms with Crippen LogP contribution in [0.25, 0.3) is 11.0 Å². The van der Waals surface area contributed by atoms with E-state index in [-0.39, 0.29) is 0 Å². The SMILES string of the molecule is O=C1CCCC(n2cnc3ccccc32)C1. The molecular weight excluding hydrogens is 200 g/mol. The number of hydrogen-bond donors (Lipinski definition) is 0. The van der Waals surface area contributed by atoms with Crippen molar-refractivity contribution in [1.82, 2.24) is 9.55 Å². The average molecular weight is 214 g/mol. The first-order valence-corrected chi connectivity index (χ1v) is 5.78. The molecule has 0 aliphatic heterocycles. The van der Waals surface area contributed by atoms with Crippen molar-refractivity contribution >= 4 is 16.8 Å². The van der Waals surface area contributed by atoms with Crippen molar-refractivity contribution in [3.05, 3.63) is 30.6 Å². The number of Topliss-reactive ketones (excluding diaryl/α,β-unsaturated/α-hetero) is 1. The predicted octanol–water partition coefficient (Wildman–Crippen LogP) is 2.72. The summed E-state index contributed by atoms with van der Waals surface area (Å²) in [4.78, 5) is 15.8. The van der Waals surface area contributed by atoms with E-state index in [0.717, 1.165) is 30.3 Å². The quantitative estimate of drug-likeness (QED) is 0.731. The van der Waals surface area contributed by atoms with Gasteiger partial charge in [-0.1, -0.05) is 12.1 Å². The third kappa shape index (κ3) is 1.52. The van der Waals surface area contributed by atoms with Crippen LogP contribution in [-0.2, 0) is 4.79 Å². The highest BCUT2D eigenvalue weighted by atomic mass is 16.1. The van der Waals surface area contributed by atoms with Crippen molar-refractivity contribution in [3.8, 4) is 0 Å². The van der Waals surface area contributed by atoms with Crippen LogP contribution in [-0.4, -0.2) is 15.3 Å². The van der Waals surface area contributed by atoms with E-state index in [4.69, 9.17) is 0 Å². The number of hydrogen-bond acceptors (Lipinski definition) is 2. The zero-order valence-electron chi connectivity index (χ0n) is 9.10. The molecule has 0 amide bonds. The topological polar surface area (TPSA) is 34.9 Å². The van der Waals surface area contributed by atoms with E-state index in [0.29, 0.717) is 18.2 Å². The second kappa shape index (κ2) is 3.74. The summed E-state index contributed by atoms with van der Waals surface area (Å²) in [6, 6.07) is 8.41. The largest absolute Gasteiger partial charge is 0.327 e. The number of carbonyl (C=O) groups is 1. The van der Waals surface area contributed by atoms with Crippen LogP contribution in [0.2, 0.25) is 0 Å². The molecule has 82 valence electrons. The highest BCUT2D eigenvalue weighted by Crippen LogP contribution is 2.28. The Balaban J connectivity index is 2.02. The summed E-state index contributed by atoms with van der Waals surface area (Å²) in [7, 11) is 0. The Bertz CT molecular complexity index is 529. The van der Waals surface area contributed by atoms with Gasteiger partial charge in [0.1, 0.15) is 5.78 Å². The zero-order valence-corrected chi connectivity index (χ0v) is 9.10. The summed E-state index contributed by atoms with van der Waals surface area (Å²) in [6.07, 6.45) is 5.39. The molecule has 1 aromatic heterocycles. The van der Waals surface area contributed by atoms with Crippen molar-refractivity contribution in [2.45, 2.75) is 31.7 Å². The fraction of sp³-hybridized carbons (Fsp3) is 0.385. The molecule has 1 aromatic carbocycles. The fourth-order valence-corrected chi connectivity index (χ4v) is 2.51. The molecule has 0 saturated heterocycles. The minimum atomic E-state index is 0.314. The van der Waals surface area contributed by atoms with Gasteiger partial charge in [0.25, 0.3) is 0 Å². The summed E-state index contributed by atoms with van der Waals surface area (Å²) < 4.78 is 2.16. The highest BCUT2D eigenvalue weighted by molar-refractivity contribution is 5.80. The van der Waals surface area contributed by atoms with Crippen LogP contribution in [0.5, 0.6) is 0 Å². The van der Waals surface area contributed by atoms with Gasteiger partial charge in [-0.3, -0.25) is 4.79 Å². The zero-order chi connectivity index (χ0) is 11.0. The van der Waals surface area contributed by atoms with Gasteiger partial charge in [0.15, 0.2) is 0 Å². The first kappa shape index (κ1) is 9.58. The molecule has 1 unspecified atom stereocenters. The third-order valence-electron chi connectivity index (χ3n) is 3.33. The summed E-state index contributed by atoms with van der Waals surface area (Å²) in [5.74, 6) is 0.383. The standard InChI is InChI=1S/C13H14N2O/c16-11-5-3-4-10(8-11)15-9-14-12-6-1-2-7-13(12)15/h1-2,6-7,9-10H,3-5,8H2. The number of aromatic nitrogens is 2. The molecule has 2 aromatic rings. The van der Waals surface area contributed by atoms with E-state index >= 15 is 0 Å². The van der Waals surface area contributed by atoms with Gasteiger partial charge in [-0.25, -0.2) is 4.98 Å². The first-order chi connectivity index (χ1) is 7.84. The molecule has 0 N–H and O–H groups in total. The number of para-hydroxylation sites is 2. The number of benzene rings is 1. The van der Waals surface area contributed by atoms with Gasteiger partial charge >= 0.3 is 0 Å². The molecule has 1 heterocycles. The van der Waals surface area contributed by atoms with Crippen molar-refractivity contribution < 1.29 is 4.79 Å². The van der Waals surface area contributed by atoms with Crippen LogP contribution >= 0.6 is 0 Å². The Hall–Kier alpha value is -1.64. The number of ketones is 1. The van der Waals surface area contributed by atoms with Gasteiger partial charge in [0.05, 0.1) is 17.4 Å². The minimum Gasteiger partial charge on any atom is -0.327 e. The van der Waals surface area contributed by atoms with Crippen molar-refractivity contribution in [2.24, 2.45) is 0 Å². The lowest BCUT2D eigenvalue weighted by Crippen LogP contribution is -2.18. The molecular formula is C13H14N2O. The smallest absolute Gasteiger partial charge is 0.134 e. The van der Waals surface area contributed by atoms with Crippen molar-refractivity contribution in [2.75, 3.05) is 0 Å². The van der Waals surface area contributed by atoms with Crippen LogP contribution < -0.4 is 0 Å². The molecule has 1 fully saturated rings. The minimum absolute atomic E-state index is 0.314. The molecule has 0 bridgehead atoms. The van der Waals surface area contributed by atoms with E-state index < -0.39 is 0 Å². The van der Waals surface area contributed by atoms with Crippen molar-refractivity contribution in [1.29, 1.82) is 0 Å². The first-order valence-electron chi connectivity index (χ1n) is 5.78. The fourth-order valence-electron chi connectivity index (χ4n) is 2.51. The number of nitrogens with zero attached hydrogens (tertiary/aromatic N) is 2. The van der Waals surface area contributed by atoms with Crippen LogP contribution in [0.3, 0.4) is 0 Å². The predicted molar refractivity (Wildman–Crippen MR) is 62.2 cm³/mol. The molecule has 1 aliphatic rings. The van der Waals surface area contributed by atoms with E-state index in [2.05, 4.69) is 15.6 Å². The van der Waals surface area contributed by atoms with Gasteiger partial charge < -0.3 is 4.57 Å². The van der Waals surface area contributed by atoms with Gasteiger partial charge in [0.2, 0.25) is 0 Å². The van der Waals surface area contributed by atoms with Crippen molar-refractivity contribution in [3.63, 3.8) is 0 Å². The summed E-state index contributed by atoms with van der Waals surface area (Å²) in [5.41, 5.74) is 2.16. The maximum Gasteiger partial charge on any atom is 0.134 e. The Labute approximate surface area is 94.1 Å². The molecule has 3 rings (SSSR count). The lowest BCUT2D eigenvalue weighted by atomic mass is 9.94. The Morgan fingerprint density at radius 2 is 2.19 bits per heavy atom. The Kier molecular flexibility index (Phi) is 2.24. The van der Waals surface area contributed by atoms with Gasteiger partial charge in [-0.2, -0.15) is 0 Å². The molecule has 1 saturated carbocycles. The van der Waals surface area contributed by atoms with Crippen LogP contribution in [0.4, 0.5) is 0 Å². The van der Waals surface area contributed by atoms with Crippen LogP contribution in [0.15, 0.2) is 30.6 Å². The third-order valence-corrected chi connectivity index (χ3v) is 3.33. The lowest BCUT2D eigenvalue weighted by Gasteiger charge is -2.22. The summed E-state index contributed by atoms with van der Waals surface area (Å²) in [5, 5.41) is 0. The number of imidazole rings is 1. The Morgan fingerprint density at radius 1 is 1.31 bits per heavy atom. The average Bonchev–Trinajstić information content (AvgIpc) is 2.72. The van der Waals surface area contributed by atoms with Crippen LogP contribution in [0.1, 0.15) is 31.7 Å². The molecule has 1 atom stereocenters. The molecule has 1 aliphatic carbocycles. The van der Waals surface area contributed by atoms with E-state index in [1.165, 1.54) is 0 Å². The molecule has 3 nitrogen and oxygen atoms in total. The second-order valence-electron chi connectivity index (χ2n) is 4.43. The van der Waals surface area contributed by atoms with E-state index in [1.54, 1.807) is 0 Å². The Morgan fingerprint density at radius 3 is 3.06 bits per heavy atom. The van der Waals surface area contributed by atoms with Gasteiger partial charge in [-0.05, 0) is 25.0 Å². The lowest BCUT2D eigenvalue weighted by molar-refractivity contribution is -0.121. The number of carbonyl (C=O) groups excluding carboxylic acids is 1. The molecule has 16 heavy (non-hydrogen) atoms. The maximum absolute atomic E-state index is 11.5. The molecule has 0 radical (unpaired) electrons. The van der Waals surface area contributed by atoms with E-state index in [1.807, 2.05) is 24.5 Å². The van der Waals surface area contributed by atoms with Crippen LogP contribution in [0, 0.1) is 0 Å². The normalized spacial score (nSPS) is 21.5. The number of fused-ring (bicyclic) bond motifs is 1.